The highest BCUT2D eigenvalue weighted by Gasteiger charge is 2.13. The Labute approximate surface area is 96.7 Å². The largest absolute Gasteiger partial charge is 0.490 e. The van der Waals surface area contributed by atoms with E-state index < -0.39 is 5.60 Å². The lowest BCUT2D eigenvalue weighted by Gasteiger charge is -2.19. The molecule has 1 aromatic rings. The number of rotatable bonds is 6. The molecular weight excluding hydrogens is 204 g/mol. The number of aliphatic hydroxyl groups is 1. The Balaban J connectivity index is 2.63. The van der Waals surface area contributed by atoms with Crippen LogP contribution in [0.2, 0.25) is 0 Å². The molecule has 4 heteroatoms. The fourth-order valence-electron chi connectivity index (χ4n) is 1.15. The van der Waals surface area contributed by atoms with Crippen molar-refractivity contribution in [2.75, 3.05) is 18.5 Å². The fraction of sp³-hybridized carbons (Fsp3) is 0.583. The zero-order valence-corrected chi connectivity index (χ0v) is 10.2. The second-order valence-corrected chi connectivity index (χ2v) is 4.36. The monoisotopic (exact) mass is 224 g/mol. The van der Waals surface area contributed by atoms with Crippen LogP contribution in [0.25, 0.3) is 0 Å². The van der Waals surface area contributed by atoms with Gasteiger partial charge in [0.1, 0.15) is 0 Å². The standard InChI is InChI=1S/C12H20N2O2/c1-4-8-16-10-6-5-7-13-11(10)14-9-12(2,3)15/h5-7,15H,4,8-9H2,1-3H3,(H,13,14). The fourth-order valence-corrected chi connectivity index (χ4v) is 1.15. The SMILES string of the molecule is CCCOc1cccnc1NCC(C)(C)O. The van der Waals surface area contributed by atoms with Crippen molar-refractivity contribution in [2.24, 2.45) is 0 Å². The van der Waals surface area contributed by atoms with Gasteiger partial charge in [-0.15, -0.1) is 0 Å². The van der Waals surface area contributed by atoms with Crippen molar-refractivity contribution in [3.05, 3.63) is 18.3 Å². The summed E-state index contributed by atoms with van der Waals surface area (Å²) in [5.41, 5.74) is -0.764. The molecule has 0 spiro atoms. The molecule has 0 radical (unpaired) electrons. The molecule has 0 saturated heterocycles. The number of nitrogens with one attached hydrogen (secondary N) is 1. The minimum atomic E-state index is -0.764. The van der Waals surface area contributed by atoms with Crippen molar-refractivity contribution >= 4 is 5.82 Å². The molecule has 90 valence electrons. The minimum Gasteiger partial charge on any atom is -0.490 e. The lowest BCUT2D eigenvalue weighted by molar-refractivity contribution is 0.0943. The van der Waals surface area contributed by atoms with Crippen molar-refractivity contribution in [1.29, 1.82) is 0 Å². The van der Waals surface area contributed by atoms with Gasteiger partial charge in [-0.05, 0) is 32.4 Å². The van der Waals surface area contributed by atoms with Crippen molar-refractivity contribution in [3.8, 4) is 5.75 Å². The number of ether oxygens (including phenoxy) is 1. The van der Waals surface area contributed by atoms with Gasteiger partial charge in [-0.3, -0.25) is 0 Å². The van der Waals surface area contributed by atoms with Crippen molar-refractivity contribution < 1.29 is 9.84 Å². The number of hydrogen-bond acceptors (Lipinski definition) is 4. The molecule has 0 aromatic carbocycles. The summed E-state index contributed by atoms with van der Waals surface area (Å²) < 4.78 is 5.54. The lowest BCUT2D eigenvalue weighted by Crippen LogP contribution is -2.29. The summed E-state index contributed by atoms with van der Waals surface area (Å²) in [5, 5.41) is 12.7. The summed E-state index contributed by atoms with van der Waals surface area (Å²) in [4.78, 5) is 4.19. The molecule has 16 heavy (non-hydrogen) atoms. The van der Waals surface area contributed by atoms with E-state index in [-0.39, 0.29) is 0 Å². The molecule has 0 aliphatic carbocycles. The third-order valence-corrected chi connectivity index (χ3v) is 1.92. The van der Waals surface area contributed by atoms with Gasteiger partial charge in [0.25, 0.3) is 0 Å². The molecular formula is C12H20N2O2. The van der Waals surface area contributed by atoms with E-state index in [1.165, 1.54) is 0 Å². The van der Waals surface area contributed by atoms with Gasteiger partial charge in [0.05, 0.1) is 12.2 Å². The van der Waals surface area contributed by atoms with Gasteiger partial charge >= 0.3 is 0 Å². The molecule has 0 bridgehead atoms. The summed E-state index contributed by atoms with van der Waals surface area (Å²) in [7, 11) is 0. The van der Waals surface area contributed by atoms with Gasteiger partial charge in [-0.2, -0.15) is 0 Å². The average Bonchev–Trinajstić information content (AvgIpc) is 2.23. The highest BCUT2D eigenvalue weighted by molar-refractivity contribution is 5.49. The third kappa shape index (κ3) is 4.49. The molecule has 0 unspecified atom stereocenters. The summed E-state index contributed by atoms with van der Waals surface area (Å²) in [6.45, 7) is 6.65. The zero-order chi connectivity index (χ0) is 12.0. The van der Waals surface area contributed by atoms with E-state index in [0.29, 0.717) is 19.0 Å². The van der Waals surface area contributed by atoms with Crippen LogP contribution in [0, 0.1) is 0 Å². The summed E-state index contributed by atoms with van der Waals surface area (Å²) in [6.07, 6.45) is 2.66. The Morgan fingerprint density at radius 2 is 2.25 bits per heavy atom. The molecule has 0 aliphatic heterocycles. The molecule has 0 fully saturated rings. The Morgan fingerprint density at radius 1 is 1.50 bits per heavy atom. The van der Waals surface area contributed by atoms with Crippen LogP contribution in [-0.2, 0) is 0 Å². The van der Waals surface area contributed by atoms with E-state index in [9.17, 15) is 5.11 Å². The Kier molecular flexibility index (Phi) is 4.55. The number of aromatic nitrogens is 1. The quantitative estimate of drug-likeness (QED) is 0.776. The first kappa shape index (κ1) is 12.8. The van der Waals surface area contributed by atoms with Gasteiger partial charge in [0, 0.05) is 12.7 Å². The van der Waals surface area contributed by atoms with Crippen molar-refractivity contribution in [2.45, 2.75) is 32.8 Å². The summed E-state index contributed by atoms with van der Waals surface area (Å²) in [6, 6.07) is 3.70. The number of hydrogen-bond donors (Lipinski definition) is 2. The van der Waals surface area contributed by atoms with E-state index in [4.69, 9.17) is 4.74 Å². The third-order valence-electron chi connectivity index (χ3n) is 1.92. The van der Waals surface area contributed by atoms with E-state index in [1.807, 2.05) is 12.1 Å². The predicted octanol–water partition coefficient (Wildman–Crippen LogP) is 2.05. The first-order chi connectivity index (χ1) is 7.53. The van der Waals surface area contributed by atoms with Gasteiger partial charge in [0.2, 0.25) is 0 Å². The maximum atomic E-state index is 9.61. The van der Waals surface area contributed by atoms with Crippen LogP contribution in [0.1, 0.15) is 27.2 Å². The van der Waals surface area contributed by atoms with Gasteiger partial charge in [-0.1, -0.05) is 6.92 Å². The smallest absolute Gasteiger partial charge is 0.168 e. The van der Waals surface area contributed by atoms with Gasteiger partial charge < -0.3 is 15.2 Å². The first-order valence-electron chi connectivity index (χ1n) is 5.57. The van der Waals surface area contributed by atoms with E-state index in [1.54, 1.807) is 20.0 Å². The van der Waals surface area contributed by atoms with Crippen LogP contribution < -0.4 is 10.1 Å². The van der Waals surface area contributed by atoms with Crippen LogP contribution >= 0.6 is 0 Å². The second-order valence-electron chi connectivity index (χ2n) is 4.36. The Bertz CT molecular complexity index is 321. The normalized spacial score (nSPS) is 11.2. The summed E-state index contributed by atoms with van der Waals surface area (Å²) >= 11 is 0. The molecule has 0 amide bonds. The summed E-state index contributed by atoms with van der Waals surface area (Å²) in [5.74, 6) is 1.41. The maximum Gasteiger partial charge on any atom is 0.168 e. The van der Waals surface area contributed by atoms with Gasteiger partial charge in [-0.25, -0.2) is 4.98 Å². The van der Waals surface area contributed by atoms with Gasteiger partial charge in [0.15, 0.2) is 11.6 Å². The molecule has 0 aliphatic rings. The molecule has 0 atom stereocenters. The number of anilines is 1. The van der Waals surface area contributed by atoms with E-state index >= 15 is 0 Å². The molecule has 1 rings (SSSR count). The molecule has 1 aromatic heterocycles. The van der Waals surface area contributed by atoms with Crippen LogP contribution in [0.3, 0.4) is 0 Å². The molecule has 2 N–H and O–H groups in total. The second kappa shape index (κ2) is 5.70. The number of nitrogens with zero attached hydrogens (tertiary/aromatic N) is 1. The highest BCUT2D eigenvalue weighted by Crippen LogP contribution is 2.21. The topological polar surface area (TPSA) is 54.4 Å². The number of pyridine rings is 1. The van der Waals surface area contributed by atoms with Crippen molar-refractivity contribution in [3.63, 3.8) is 0 Å². The zero-order valence-electron chi connectivity index (χ0n) is 10.2. The Morgan fingerprint density at radius 3 is 2.88 bits per heavy atom. The predicted molar refractivity (Wildman–Crippen MR) is 64.8 cm³/mol. The Hall–Kier alpha value is -1.29. The van der Waals surface area contributed by atoms with Crippen molar-refractivity contribution in [1.82, 2.24) is 4.98 Å². The van der Waals surface area contributed by atoms with Crippen LogP contribution in [0.5, 0.6) is 5.75 Å². The molecule has 4 nitrogen and oxygen atoms in total. The van der Waals surface area contributed by atoms with Crippen LogP contribution in [-0.4, -0.2) is 28.8 Å². The average molecular weight is 224 g/mol. The molecule has 0 saturated carbocycles. The molecule has 1 heterocycles. The lowest BCUT2D eigenvalue weighted by atomic mass is 10.1. The maximum absolute atomic E-state index is 9.61. The minimum absolute atomic E-state index is 0.437. The van der Waals surface area contributed by atoms with E-state index in [0.717, 1.165) is 12.2 Å². The van der Waals surface area contributed by atoms with Crippen LogP contribution in [0.15, 0.2) is 18.3 Å². The highest BCUT2D eigenvalue weighted by atomic mass is 16.5. The van der Waals surface area contributed by atoms with Crippen LogP contribution in [0.4, 0.5) is 5.82 Å². The van der Waals surface area contributed by atoms with E-state index in [2.05, 4.69) is 17.2 Å². The first-order valence-corrected chi connectivity index (χ1v) is 5.57.